The molecule has 1 aliphatic carbocycles. The highest BCUT2D eigenvalue weighted by Gasteiger charge is 2.33. The zero-order valence-electron chi connectivity index (χ0n) is 12.9. The van der Waals surface area contributed by atoms with Gasteiger partial charge in [0, 0.05) is 12.1 Å². The van der Waals surface area contributed by atoms with Crippen LogP contribution in [0.5, 0.6) is 0 Å². The molecule has 7 heteroatoms. The van der Waals surface area contributed by atoms with E-state index in [4.69, 9.17) is 5.84 Å². The zero-order valence-corrected chi connectivity index (χ0v) is 12.9. The van der Waals surface area contributed by atoms with E-state index >= 15 is 0 Å². The molecule has 2 aromatic heterocycles. The van der Waals surface area contributed by atoms with Gasteiger partial charge in [-0.15, -0.1) is 14.5 Å². The summed E-state index contributed by atoms with van der Waals surface area (Å²) in [5, 5.41) is 12.6. The standard InChI is InChI=1S/C16H18N7/c1-21-15-9-13(5-6-14(15)19-20-21)16(7-3-2-4-8-16)10-23-12-22(17)11-18-23/h2-7,9,11-12H,8,10,17H2,1H3/q+1. The molecule has 1 aromatic carbocycles. The molecule has 23 heavy (non-hydrogen) atoms. The molecule has 1 unspecified atom stereocenters. The van der Waals surface area contributed by atoms with Crippen molar-refractivity contribution in [3.8, 4) is 0 Å². The molecule has 7 nitrogen and oxygen atoms in total. The molecular formula is C16H18N7+. The van der Waals surface area contributed by atoms with Crippen molar-refractivity contribution in [3.63, 3.8) is 0 Å². The van der Waals surface area contributed by atoms with Crippen molar-refractivity contribution >= 4 is 11.0 Å². The summed E-state index contributed by atoms with van der Waals surface area (Å²) < 4.78 is 5.14. The first-order valence-corrected chi connectivity index (χ1v) is 7.49. The maximum Gasteiger partial charge on any atom is 0.286 e. The normalized spacial score (nSPS) is 20.4. The number of aryl methyl sites for hydroxylation is 1. The number of aromatic nitrogens is 6. The van der Waals surface area contributed by atoms with E-state index in [1.54, 1.807) is 17.3 Å². The van der Waals surface area contributed by atoms with E-state index in [-0.39, 0.29) is 5.41 Å². The summed E-state index contributed by atoms with van der Waals surface area (Å²) in [5.41, 5.74) is 2.99. The number of nitrogens with zero attached hydrogens (tertiary/aromatic N) is 6. The summed E-state index contributed by atoms with van der Waals surface area (Å²) in [7, 11) is 1.91. The number of hydrogen-bond acceptors (Lipinski definition) is 4. The Labute approximate surface area is 133 Å². The second-order valence-corrected chi connectivity index (χ2v) is 5.96. The van der Waals surface area contributed by atoms with Crippen molar-refractivity contribution in [2.45, 2.75) is 18.4 Å². The van der Waals surface area contributed by atoms with Crippen LogP contribution in [0.2, 0.25) is 0 Å². The van der Waals surface area contributed by atoms with Crippen molar-refractivity contribution in [2.24, 2.45) is 7.05 Å². The fraction of sp³-hybridized carbons (Fsp3) is 0.250. The van der Waals surface area contributed by atoms with Crippen molar-refractivity contribution < 1.29 is 4.68 Å². The third-order valence-electron chi connectivity index (χ3n) is 4.37. The fourth-order valence-electron chi connectivity index (χ4n) is 3.14. The first kappa shape index (κ1) is 13.7. The molecular weight excluding hydrogens is 290 g/mol. The second kappa shape index (κ2) is 5.05. The van der Waals surface area contributed by atoms with Crippen molar-refractivity contribution in [2.75, 3.05) is 5.84 Å². The lowest BCUT2D eigenvalue weighted by atomic mass is 9.75. The van der Waals surface area contributed by atoms with Crippen LogP contribution in [0.25, 0.3) is 11.0 Å². The molecule has 0 fully saturated rings. The Kier molecular flexibility index (Phi) is 3.00. The molecule has 2 heterocycles. The predicted octanol–water partition coefficient (Wildman–Crippen LogP) is 0.620. The van der Waals surface area contributed by atoms with E-state index in [1.807, 2.05) is 17.8 Å². The number of benzene rings is 1. The molecule has 3 aromatic rings. The van der Waals surface area contributed by atoms with Gasteiger partial charge in [0.05, 0.1) is 10.9 Å². The van der Waals surface area contributed by atoms with Gasteiger partial charge in [0.15, 0.2) is 0 Å². The average Bonchev–Trinajstić information content (AvgIpc) is 3.14. The summed E-state index contributed by atoms with van der Waals surface area (Å²) in [6.07, 6.45) is 12.9. The Morgan fingerprint density at radius 3 is 3.00 bits per heavy atom. The van der Waals surface area contributed by atoms with Gasteiger partial charge in [-0.3, -0.25) is 5.84 Å². The average molecular weight is 308 g/mol. The van der Waals surface area contributed by atoms with E-state index in [9.17, 15) is 0 Å². The predicted molar refractivity (Wildman–Crippen MR) is 85.7 cm³/mol. The van der Waals surface area contributed by atoms with Crippen LogP contribution in [0.4, 0.5) is 0 Å². The van der Waals surface area contributed by atoms with Crippen molar-refractivity contribution in [1.29, 1.82) is 0 Å². The minimum atomic E-state index is -0.160. The molecule has 0 saturated carbocycles. The lowest BCUT2D eigenvalue weighted by Crippen LogP contribution is -2.42. The molecule has 1 atom stereocenters. The summed E-state index contributed by atoms with van der Waals surface area (Å²) in [6.45, 7) is 0.717. The Balaban J connectivity index is 1.81. The van der Waals surface area contributed by atoms with Gasteiger partial charge >= 0.3 is 0 Å². The minimum absolute atomic E-state index is 0.160. The van der Waals surface area contributed by atoms with Crippen LogP contribution >= 0.6 is 0 Å². The molecule has 0 bridgehead atoms. The molecule has 0 amide bonds. The number of nitrogens with two attached hydrogens (primary N) is 1. The van der Waals surface area contributed by atoms with E-state index < -0.39 is 0 Å². The molecule has 0 saturated heterocycles. The highest BCUT2D eigenvalue weighted by atomic mass is 15.4. The first-order valence-electron chi connectivity index (χ1n) is 7.49. The van der Waals surface area contributed by atoms with Crippen molar-refractivity contribution in [1.82, 2.24) is 24.8 Å². The monoisotopic (exact) mass is 308 g/mol. The van der Waals surface area contributed by atoms with Gasteiger partial charge in [0.1, 0.15) is 12.1 Å². The number of allylic oxidation sites excluding steroid dienone is 4. The van der Waals surface area contributed by atoms with Crippen LogP contribution in [0.15, 0.2) is 55.2 Å². The maximum absolute atomic E-state index is 5.73. The quantitative estimate of drug-likeness (QED) is 0.568. The van der Waals surface area contributed by atoms with Crippen LogP contribution < -0.4 is 10.5 Å². The van der Waals surface area contributed by atoms with E-state index in [0.717, 1.165) is 24.0 Å². The molecule has 0 radical (unpaired) electrons. The Morgan fingerprint density at radius 2 is 2.26 bits per heavy atom. The Hall–Kier alpha value is -2.96. The van der Waals surface area contributed by atoms with Crippen LogP contribution in [-0.2, 0) is 19.0 Å². The van der Waals surface area contributed by atoms with Gasteiger partial charge in [0.2, 0.25) is 6.33 Å². The lowest BCUT2D eigenvalue weighted by Gasteiger charge is -2.29. The second-order valence-electron chi connectivity index (χ2n) is 5.96. The van der Waals surface area contributed by atoms with Gasteiger partial charge in [0.25, 0.3) is 6.33 Å². The summed E-state index contributed by atoms with van der Waals surface area (Å²) >= 11 is 0. The maximum atomic E-state index is 5.73. The lowest BCUT2D eigenvalue weighted by molar-refractivity contribution is -0.639. The van der Waals surface area contributed by atoms with E-state index in [0.29, 0.717) is 0 Å². The van der Waals surface area contributed by atoms with Crippen LogP contribution in [0, 0.1) is 0 Å². The smallest absolute Gasteiger partial charge is 0.286 e. The summed E-state index contributed by atoms with van der Waals surface area (Å²) in [5.74, 6) is 5.73. The summed E-state index contributed by atoms with van der Waals surface area (Å²) in [6, 6.07) is 6.32. The molecule has 4 rings (SSSR count). The van der Waals surface area contributed by atoms with Gasteiger partial charge in [-0.05, 0) is 24.1 Å². The molecule has 116 valence electrons. The van der Waals surface area contributed by atoms with Crippen molar-refractivity contribution in [3.05, 3.63) is 60.7 Å². The van der Waals surface area contributed by atoms with Gasteiger partial charge in [-0.1, -0.05) is 35.6 Å². The Morgan fingerprint density at radius 1 is 1.35 bits per heavy atom. The van der Waals surface area contributed by atoms with E-state index in [1.165, 1.54) is 10.2 Å². The largest absolute Gasteiger partial charge is 0.289 e. The van der Waals surface area contributed by atoms with Crippen LogP contribution in [0.3, 0.4) is 0 Å². The number of rotatable bonds is 3. The highest BCUT2D eigenvalue weighted by Crippen LogP contribution is 2.35. The van der Waals surface area contributed by atoms with Crippen LogP contribution in [0.1, 0.15) is 12.0 Å². The summed E-state index contributed by atoms with van der Waals surface area (Å²) in [4.78, 5) is 0. The molecule has 0 spiro atoms. The number of nitrogen functional groups attached to an aromatic ring is 1. The number of fused-ring (bicyclic) bond motifs is 1. The first-order chi connectivity index (χ1) is 11.2. The van der Waals surface area contributed by atoms with E-state index in [2.05, 4.69) is 51.8 Å². The minimum Gasteiger partial charge on any atom is -0.289 e. The SMILES string of the molecule is Cn1nnc2ccc(C3(Cn4c[n+](N)cn4)C=CC=CC3)cc21. The Bertz CT molecular complexity index is 918. The van der Waals surface area contributed by atoms with Gasteiger partial charge in [-0.2, -0.15) is 0 Å². The van der Waals surface area contributed by atoms with Crippen LogP contribution in [-0.4, -0.2) is 24.8 Å². The number of hydrogen-bond donors (Lipinski definition) is 1. The van der Waals surface area contributed by atoms with Gasteiger partial charge in [-0.25, -0.2) is 4.68 Å². The molecule has 1 aliphatic rings. The van der Waals surface area contributed by atoms with Gasteiger partial charge < -0.3 is 0 Å². The highest BCUT2D eigenvalue weighted by molar-refractivity contribution is 5.75. The third kappa shape index (κ3) is 2.30. The third-order valence-corrected chi connectivity index (χ3v) is 4.37. The molecule has 2 N–H and O–H groups in total. The molecule has 0 aliphatic heterocycles. The fourth-order valence-corrected chi connectivity index (χ4v) is 3.14. The topological polar surface area (TPSA) is 78.4 Å². The zero-order chi connectivity index (χ0) is 15.9.